The standard InChI is InChI=1S/C18H32N4O6/c1-13(21(7)17(25)19(3)4)11-27-15(23)9-10-16(24)28-12-14(2)22(8)18(26)20(5)6/h9-10,13-14H,11-12H2,1-8H3/b10-9+/t13-,14-/m1/s1. The van der Waals surface area contributed by atoms with Crippen molar-refractivity contribution in [2.24, 2.45) is 0 Å². The second-order valence-corrected chi connectivity index (χ2v) is 6.87. The second kappa shape index (κ2) is 11.8. The Hall–Kier alpha value is -2.78. The number of carbonyl (C=O) groups excluding carboxylic acids is 4. The first-order chi connectivity index (χ1) is 12.9. The first-order valence-electron chi connectivity index (χ1n) is 8.78. The van der Waals surface area contributed by atoms with Crippen LogP contribution >= 0.6 is 0 Å². The second-order valence-electron chi connectivity index (χ2n) is 6.87. The molecule has 0 aliphatic heterocycles. The molecule has 28 heavy (non-hydrogen) atoms. The number of amides is 4. The number of esters is 2. The Bertz CT molecular complexity index is 541. The van der Waals surface area contributed by atoms with Gasteiger partial charge in [0.15, 0.2) is 0 Å². The molecule has 0 saturated carbocycles. The van der Waals surface area contributed by atoms with Crippen LogP contribution in [0.4, 0.5) is 9.59 Å². The van der Waals surface area contributed by atoms with Gasteiger partial charge < -0.3 is 29.1 Å². The molecule has 2 atom stereocenters. The van der Waals surface area contributed by atoms with Crippen LogP contribution in [-0.4, -0.2) is 111 Å². The fourth-order valence-corrected chi connectivity index (χ4v) is 1.87. The summed E-state index contributed by atoms with van der Waals surface area (Å²) in [4.78, 5) is 52.7. The molecule has 0 aromatic rings. The van der Waals surface area contributed by atoms with Crippen molar-refractivity contribution in [3.63, 3.8) is 0 Å². The fourth-order valence-electron chi connectivity index (χ4n) is 1.87. The van der Waals surface area contributed by atoms with E-state index in [0.29, 0.717) is 0 Å². The minimum absolute atomic E-state index is 0.0111. The predicted molar refractivity (Wildman–Crippen MR) is 104 cm³/mol. The molecule has 0 bridgehead atoms. The maximum atomic E-state index is 11.8. The first-order valence-corrected chi connectivity index (χ1v) is 8.78. The number of urea groups is 2. The molecule has 0 aliphatic rings. The largest absolute Gasteiger partial charge is 0.460 e. The Morgan fingerprint density at radius 1 is 0.679 bits per heavy atom. The lowest BCUT2D eigenvalue weighted by Gasteiger charge is -2.27. The van der Waals surface area contributed by atoms with E-state index in [-0.39, 0.29) is 37.4 Å². The summed E-state index contributed by atoms with van der Waals surface area (Å²) in [5.41, 5.74) is 0. The van der Waals surface area contributed by atoms with Crippen LogP contribution in [0.5, 0.6) is 0 Å². The predicted octanol–water partition coefficient (Wildman–Crippen LogP) is 0.633. The van der Waals surface area contributed by atoms with Crippen LogP contribution in [0.15, 0.2) is 12.2 Å². The lowest BCUT2D eigenvalue weighted by Crippen LogP contribution is -2.43. The van der Waals surface area contributed by atoms with E-state index in [1.807, 2.05) is 0 Å². The summed E-state index contributed by atoms with van der Waals surface area (Å²) in [7, 11) is 9.71. The van der Waals surface area contributed by atoms with Crippen molar-refractivity contribution in [1.82, 2.24) is 19.6 Å². The van der Waals surface area contributed by atoms with Crippen LogP contribution in [0.2, 0.25) is 0 Å². The summed E-state index contributed by atoms with van der Waals surface area (Å²) in [5, 5.41) is 0. The molecular formula is C18H32N4O6. The molecule has 0 fully saturated rings. The molecule has 0 rings (SSSR count). The van der Waals surface area contributed by atoms with Crippen molar-refractivity contribution < 1.29 is 28.7 Å². The Morgan fingerprint density at radius 3 is 1.21 bits per heavy atom. The van der Waals surface area contributed by atoms with E-state index >= 15 is 0 Å². The van der Waals surface area contributed by atoms with Gasteiger partial charge in [0.1, 0.15) is 13.2 Å². The van der Waals surface area contributed by atoms with Gasteiger partial charge in [0.25, 0.3) is 0 Å². The van der Waals surface area contributed by atoms with Crippen LogP contribution in [0, 0.1) is 0 Å². The average molecular weight is 400 g/mol. The quantitative estimate of drug-likeness (QED) is 0.438. The highest BCUT2D eigenvalue weighted by atomic mass is 16.5. The van der Waals surface area contributed by atoms with E-state index in [2.05, 4.69) is 0 Å². The van der Waals surface area contributed by atoms with E-state index in [9.17, 15) is 19.2 Å². The lowest BCUT2D eigenvalue weighted by atomic mass is 10.3. The van der Waals surface area contributed by atoms with Crippen LogP contribution in [0.3, 0.4) is 0 Å². The third-order valence-corrected chi connectivity index (χ3v) is 3.98. The van der Waals surface area contributed by atoms with E-state index < -0.39 is 11.9 Å². The molecule has 0 saturated heterocycles. The van der Waals surface area contributed by atoms with Crippen molar-refractivity contribution >= 4 is 24.0 Å². The Labute approximate surface area is 166 Å². The summed E-state index contributed by atoms with van der Waals surface area (Å²) >= 11 is 0. The van der Waals surface area contributed by atoms with E-state index in [1.54, 1.807) is 56.1 Å². The Morgan fingerprint density at radius 2 is 0.964 bits per heavy atom. The topological polar surface area (TPSA) is 99.7 Å². The fraction of sp³-hybridized carbons (Fsp3) is 0.667. The highest BCUT2D eigenvalue weighted by Gasteiger charge is 2.19. The zero-order chi connectivity index (χ0) is 22.0. The van der Waals surface area contributed by atoms with Crippen LogP contribution in [0.1, 0.15) is 13.8 Å². The number of hydrogen-bond acceptors (Lipinski definition) is 6. The van der Waals surface area contributed by atoms with Gasteiger partial charge in [-0.3, -0.25) is 0 Å². The van der Waals surface area contributed by atoms with Gasteiger partial charge in [-0.15, -0.1) is 0 Å². The number of hydrogen-bond donors (Lipinski definition) is 0. The third-order valence-electron chi connectivity index (χ3n) is 3.98. The zero-order valence-corrected chi connectivity index (χ0v) is 18.0. The molecule has 160 valence electrons. The highest BCUT2D eigenvalue weighted by molar-refractivity contribution is 5.91. The summed E-state index contributed by atoms with van der Waals surface area (Å²) in [6.45, 7) is 3.45. The molecule has 4 amide bonds. The molecular weight excluding hydrogens is 368 g/mol. The van der Waals surface area contributed by atoms with Gasteiger partial charge >= 0.3 is 24.0 Å². The highest BCUT2D eigenvalue weighted by Crippen LogP contribution is 2.02. The maximum absolute atomic E-state index is 11.8. The van der Waals surface area contributed by atoms with E-state index in [4.69, 9.17) is 9.47 Å². The zero-order valence-electron chi connectivity index (χ0n) is 18.0. The molecule has 0 unspecified atom stereocenters. The molecule has 0 N–H and O–H groups in total. The SMILES string of the molecule is C[C@H](COC(=O)/C=C/C(=O)OC[C@@H](C)N(C)C(=O)N(C)C)N(C)C(=O)N(C)C. The Kier molecular flexibility index (Phi) is 10.7. The van der Waals surface area contributed by atoms with Gasteiger partial charge in [-0.2, -0.15) is 0 Å². The van der Waals surface area contributed by atoms with Gasteiger partial charge in [-0.25, -0.2) is 19.2 Å². The van der Waals surface area contributed by atoms with Crippen molar-refractivity contribution in [2.75, 3.05) is 55.5 Å². The molecule has 10 nitrogen and oxygen atoms in total. The van der Waals surface area contributed by atoms with Crippen molar-refractivity contribution in [3.8, 4) is 0 Å². The molecule has 10 heteroatoms. The summed E-state index contributed by atoms with van der Waals surface area (Å²) < 4.78 is 10.0. The number of rotatable bonds is 8. The number of nitrogens with zero attached hydrogens (tertiary/aromatic N) is 4. The van der Waals surface area contributed by atoms with Gasteiger partial charge in [0, 0.05) is 54.4 Å². The molecule has 0 heterocycles. The summed E-state index contributed by atoms with van der Waals surface area (Å²) in [6, 6.07) is -1.08. The van der Waals surface area contributed by atoms with Gasteiger partial charge in [0.05, 0.1) is 12.1 Å². The number of likely N-dealkylation sites (N-methyl/N-ethyl adjacent to an activating group) is 2. The third kappa shape index (κ3) is 8.74. The van der Waals surface area contributed by atoms with Crippen LogP contribution in [-0.2, 0) is 19.1 Å². The molecule has 0 spiro atoms. The number of carbonyl (C=O) groups is 4. The smallest absolute Gasteiger partial charge is 0.331 e. The van der Waals surface area contributed by atoms with Gasteiger partial charge in [-0.1, -0.05) is 0 Å². The number of ether oxygens (including phenoxy) is 2. The maximum Gasteiger partial charge on any atom is 0.331 e. The first kappa shape index (κ1) is 25.2. The van der Waals surface area contributed by atoms with Crippen LogP contribution in [0.25, 0.3) is 0 Å². The molecule has 0 aromatic carbocycles. The van der Waals surface area contributed by atoms with Gasteiger partial charge in [-0.05, 0) is 13.8 Å². The minimum Gasteiger partial charge on any atom is -0.460 e. The van der Waals surface area contributed by atoms with Crippen molar-refractivity contribution in [3.05, 3.63) is 12.2 Å². The van der Waals surface area contributed by atoms with Crippen molar-refractivity contribution in [1.29, 1.82) is 0 Å². The Balaban J connectivity index is 4.35. The minimum atomic E-state index is -0.720. The van der Waals surface area contributed by atoms with Crippen molar-refractivity contribution in [2.45, 2.75) is 25.9 Å². The van der Waals surface area contributed by atoms with E-state index in [0.717, 1.165) is 12.2 Å². The summed E-state index contributed by atoms with van der Waals surface area (Å²) in [6.07, 6.45) is 1.92. The van der Waals surface area contributed by atoms with Crippen LogP contribution < -0.4 is 0 Å². The molecule has 0 aromatic heterocycles. The monoisotopic (exact) mass is 400 g/mol. The normalized spacial score (nSPS) is 12.7. The lowest BCUT2D eigenvalue weighted by molar-refractivity contribution is -0.141. The molecule has 0 radical (unpaired) electrons. The molecule has 0 aliphatic carbocycles. The average Bonchev–Trinajstić information content (AvgIpc) is 2.65. The summed E-state index contributed by atoms with van der Waals surface area (Å²) in [5.74, 6) is -1.44. The van der Waals surface area contributed by atoms with Gasteiger partial charge in [0.2, 0.25) is 0 Å². The van der Waals surface area contributed by atoms with E-state index in [1.165, 1.54) is 19.6 Å².